The number of hydrogen-bond donors (Lipinski definition) is 2. The Hall–Kier alpha value is -1.88. The number of ether oxygens (including phenoxy) is 1. The molecular weight excluding hydrogens is 273 g/mol. The highest BCUT2D eigenvalue weighted by Gasteiger charge is 2.29. The zero-order chi connectivity index (χ0) is 15.5. The molecule has 1 aromatic carbocycles. The molecule has 0 amide bonds. The summed E-state index contributed by atoms with van der Waals surface area (Å²) >= 11 is 0. The molecular formula is C17H24BN3O. The van der Waals surface area contributed by atoms with E-state index >= 15 is 0 Å². The molecule has 0 unspecified atom stereocenters. The minimum absolute atomic E-state index is 0.274. The van der Waals surface area contributed by atoms with E-state index in [0.29, 0.717) is 0 Å². The third-order valence-electron chi connectivity index (χ3n) is 4.56. The second-order valence-corrected chi connectivity index (χ2v) is 6.24. The Balaban J connectivity index is 1.53. The van der Waals surface area contributed by atoms with Crippen LogP contribution in [0.2, 0.25) is 6.32 Å². The Bertz CT molecular complexity index is 606. The van der Waals surface area contributed by atoms with E-state index in [1.54, 1.807) is 6.08 Å². The lowest BCUT2D eigenvalue weighted by molar-refractivity contribution is 0.0260. The molecule has 3 rings (SSSR count). The standard InChI is InChI=1S/C17H24BN3O/c1-12-16(5-4-13-6-7-18-17(12)13)22-15-10-21(11-15)9-14(20)3-2-8-19/h2-5,8,15,18H,6-7,9-11,19-20H2,1H3/b8-2-,14-3-. The fourth-order valence-electron chi connectivity index (χ4n) is 3.35. The predicted molar refractivity (Wildman–Crippen MR) is 92.9 cm³/mol. The monoisotopic (exact) mass is 297 g/mol. The lowest BCUT2D eigenvalue weighted by Crippen LogP contribution is -2.54. The SMILES string of the molecule is Cc1c(OC2CN(C/C(N)=C/C=C\N)C2)ccc2c1BCC2. The summed E-state index contributed by atoms with van der Waals surface area (Å²) in [6.45, 7) is 4.82. The van der Waals surface area contributed by atoms with E-state index in [2.05, 4.69) is 24.0 Å². The van der Waals surface area contributed by atoms with Crippen LogP contribution in [-0.2, 0) is 6.42 Å². The van der Waals surface area contributed by atoms with E-state index in [1.807, 2.05) is 6.08 Å². The van der Waals surface area contributed by atoms with E-state index in [9.17, 15) is 0 Å². The van der Waals surface area contributed by atoms with Gasteiger partial charge >= 0.3 is 0 Å². The van der Waals surface area contributed by atoms with Gasteiger partial charge in [-0.05, 0) is 43.3 Å². The summed E-state index contributed by atoms with van der Waals surface area (Å²) in [4.78, 5) is 2.28. The number of benzene rings is 1. The summed E-state index contributed by atoms with van der Waals surface area (Å²) in [5.74, 6) is 1.06. The number of nitrogens with zero attached hydrogens (tertiary/aromatic N) is 1. The van der Waals surface area contributed by atoms with Crippen LogP contribution in [0.25, 0.3) is 0 Å². The zero-order valence-electron chi connectivity index (χ0n) is 13.2. The van der Waals surface area contributed by atoms with Gasteiger partial charge in [-0.15, -0.1) is 0 Å². The van der Waals surface area contributed by atoms with Gasteiger partial charge in [0.2, 0.25) is 0 Å². The van der Waals surface area contributed by atoms with Crippen molar-refractivity contribution >= 4 is 12.7 Å². The normalized spacial score (nSPS) is 19.0. The molecule has 1 saturated heterocycles. The number of allylic oxidation sites excluding steroid dienone is 2. The maximum Gasteiger partial charge on any atom is 0.158 e. The van der Waals surface area contributed by atoms with Gasteiger partial charge in [-0.25, -0.2) is 0 Å². The lowest BCUT2D eigenvalue weighted by atomic mass is 9.70. The van der Waals surface area contributed by atoms with Crippen LogP contribution in [0, 0.1) is 6.92 Å². The number of hydrogen-bond acceptors (Lipinski definition) is 4. The van der Waals surface area contributed by atoms with Crippen molar-refractivity contribution in [1.29, 1.82) is 0 Å². The van der Waals surface area contributed by atoms with Gasteiger partial charge in [0, 0.05) is 25.3 Å². The Morgan fingerprint density at radius 3 is 3.05 bits per heavy atom. The largest absolute Gasteiger partial charge is 0.488 e. The Morgan fingerprint density at radius 2 is 2.27 bits per heavy atom. The molecule has 0 aromatic heterocycles. The number of rotatable bonds is 5. The van der Waals surface area contributed by atoms with Crippen molar-refractivity contribution < 1.29 is 4.74 Å². The van der Waals surface area contributed by atoms with Gasteiger partial charge in [0.1, 0.15) is 11.9 Å². The van der Waals surface area contributed by atoms with Crippen molar-refractivity contribution in [3.63, 3.8) is 0 Å². The fraction of sp³-hybridized carbons (Fsp3) is 0.412. The van der Waals surface area contributed by atoms with Crippen LogP contribution >= 0.6 is 0 Å². The van der Waals surface area contributed by atoms with Crippen molar-refractivity contribution in [2.45, 2.75) is 25.8 Å². The summed E-state index contributed by atoms with van der Waals surface area (Å²) in [7, 11) is 1.20. The highest BCUT2D eigenvalue weighted by Crippen LogP contribution is 2.24. The highest BCUT2D eigenvalue weighted by atomic mass is 16.5. The van der Waals surface area contributed by atoms with Gasteiger partial charge < -0.3 is 16.2 Å². The summed E-state index contributed by atoms with van der Waals surface area (Å²) < 4.78 is 6.16. The van der Waals surface area contributed by atoms with Gasteiger partial charge in [0.25, 0.3) is 0 Å². The van der Waals surface area contributed by atoms with Gasteiger partial charge in [-0.1, -0.05) is 23.4 Å². The first kappa shape index (κ1) is 15.0. The van der Waals surface area contributed by atoms with Crippen molar-refractivity contribution in [3.05, 3.63) is 47.3 Å². The second-order valence-electron chi connectivity index (χ2n) is 6.24. The minimum Gasteiger partial charge on any atom is -0.488 e. The third kappa shape index (κ3) is 3.14. The Morgan fingerprint density at radius 1 is 1.45 bits per heavy atom. The van der Waals surface area contributed by atoms with Crippen LogP contribution in [0.15, 0.2) is 36.2 Å². The Kier molecular flexibility index (Phi) is 4.43. The number of aryl methyl sites for hydroxylation is 1. The Labute approximate surface area is 133 Å². The zero-order valence-corrected chi connectivity index (χ0v) is 13.2. The first-order valence-corrected chi connectivity index (χ1v) is 8.00. The smallest absolute Gasteiger partial charge is 0.158 e. The molecule has 0 atom stereocenters. The van der Waals surface area contributed by atoms with E-state index < -0.39 is 0 Å². The van der Waals surface area contributed by atoms with Crippen molar-refractivity contribution in [3.8, 4) is 5.75 Å². The lowest BCUT2D eigenvalue weighted by Gasteiger charge is -2.39. The molecule has 2 aliphatic heterocycles. The first-order chi connectivity index (χ1) is 10.7. The summed E-state index contributed by atoms with van der Waals surface area (Å²) in [6.07, 6.45) is 7.87. The van der Waals surface area contributed by atoms with E-state index in [0.717, 1.165) is 31.1 Å². The third-order valence-corrected chi connectivity index (χ3v) is 4.56. The van der Waals surface area contributed by atoms with E-state index in [4.69, 9.17) is 16.2 Å². The van der Waals surface area contributed by atoms with Crippen LogP contribution in [0.1, 0.15) is 11.1 Å². The van der Waals surface area contributed by atoms with Crippen molar-refractivity contribution in [2.24, 2.45) is 11.5 Å². The van der Waals surface area contributed by atoms with Gasteiger partial charge in [-0.3, -0.25) is 4.90 Å². The maximum absolute atomic E-state index is 6.16. The number of fused-ring (bicyclic) bond motifs is 1. The molecule has 4 nitrogen and oxygen atoms in total. The minimum atomic E-state index is 0.274. The molecule has 0 spiro atoms. The number of nitrogens with two attached hydrogens (primary N) is 2. The predicted octanol–water partition coefficient (Wildman–Crippen LogP) is 0.409. The fourth-order valence-corrected chi connectivity index (χ4v) is 3.35. The molecule has 0 radical (unpaired) electrons. The topological polar surface area (TPSA) is 64.5 Å². The van der Waals surface area contributed by atoms with Crippen LogP contribution in [-0.4, -0.2) is 37.9 Å². The quantitative estimate of drug-likeness (QED) is 0.610. The summed E-state index contributed by atoms with van der Waals surface area (Å²) in [6, 6.07) is 4.38. The molecule has 0 saturated carbocycles. The summed E-state index contributed by atoms with van der Waals surface area (Å²) in [5, 5.41) is 0. The van der Waals surface area contributed by atoms with Gasteiger partial charge in [0.05, 0.1) is 0 Å². The van der Waals surface area contributed by atoms with Gasteiger partial charge in [0.15, 0.2) is 7.28 Å². The van der Waals surface area contributed by atoms with Crippen LogP contribution in [0.5, 0.6) is 5.75 Å². The maximum atomic E-state index is 6.16. The van der Waals surface area contributed by atoms with E-state index in [-0.39, 0.29) is 6.10 Å². The van der Waals surface area contributed by atoms with Crippen molar-refractivity contribution in [2.75, 3.05) is 19.6 Å². The highest BCUT2D eigenvalue weighted by molar-refractivity contribution is 6.56. The molecule has 1 fully saturated rings. The van der Waals surface area contributed by atoms with E-state index in [1.165, 1.54) is 42.8 Å². The molecule has 1 aromatic rings. The molecule has 0 aliphatic carbocycles. The second kappa shape index (κ2) is 6.49. The van der Waals surface area contributed by atoms with Crippen LogP contribution in [0.4, 0.5) is 0 Å². The first-order valence-electron chi connectivity index (χ1n) is 8.00. The summed E-state index contributed by atoms with van der Waals surface area (Å²) in [5.41, 5.74) is 16.4. The molecule has 0 bridgehead atoms. The van der Waals surface area contributed by atoms with Crippen molar-refractivity contribution in [1.82, 2.24) is 4.90 Å². The average Bonchev–Trinajstić information content (AvgIpc) is 2.94. The molecule has 116 valence electrons. The molecule has 5 heteroatoms. The molecule has 2 heterocycles. The van der Waals surface area contributed by atoms with Gasteiger partial charge in [-0.2, -0.15) is 0 Å². The van der Waals surface area contributed by atoms with Crippen LogP contribution in [0.3, 0.4) is 0 Å². The molecule has 22 heavy (non-hydrogen) atoms. The average molecular weight is 297 g/mol. The van der Waals surface area contributed by atoms with Crippen LogP contribution < -0.4 is 21.7 Å². The molecule has 4 N–H and O–H groups in total. The molecule has 2 aliphatic rings. The number of likely N-dealkylation sites (tertiary alicyclic amines) is 1.